The number of amides is 1. The van der Waals surface area contributed by atoms with Crippen LogP contribution >= 0.6 is 15.9 Å². The van der Waals surface area contributed by atoms with E-state index in [4.69, 9.17) is 0 Å². The number of fused-ring (bicyclic) bond motifs is 1. The van der Waals surface area contributed by atoms with Gasteiger partial charge in [-0.05, 0) is 5.92 Å². The summed E-state index contributed by atoms with van der Waals surface area (Å²) < 4.78 is 1.63. The van der Waals surface area contributed by atoms with Crippen molar-refractivity contribution in [1.29, 1.82) is 0 Å². The lowest BCUT2D eigenvalue weighted by Crippen LogP contribution is -2.28. The van der Waals surface area contributed by atoms with Crippen molar-refractivity contribution < 1.29 is 4.79 Å². The van der Waals surface area contributed by atoms with E-state index in [9.17, 15) is 4.79 Å². The molecule has 0 saturated carbocycles. The standard InChI is InChI=1S/C11H13BrN4O/c1-8(4-12)5-14-11(17)9-6-15-16-3-2-13-7-10(9)16/h2-3,6-8H,4-5H2,1H3,(H,14,17). The van der Waals surface area contributed by atoms with Crippen LogP contribution < -0.4 is 5.32 Å². The molecular weight excluding hydrogens is 284 g/mol. The van der Waals surface area contributed by atoms with Gasteiger partial charge in [-0.2, -0.15) is 5.10 Å². The Labute approximate surface area is 107 Å². The Balaban J connectivity index is 2.14. The van der Waals surface area contributed by atoms with E-state index in [0.29, 0.717) is 18.0 Å². The lowest BCUT2D eigenvalue weighted by molar-refractivity contribution is 0.0951. The molecule has 2 aromatic heterocycles. The summed E-state index contributed by atoms with van der Waals surface area (Å²) >= 11 is 3.38. The second kappa shape index (κ2) is 5.27. The first-order valence-corrected chi connectivity index (χ1v) is 6.46. The third-order valence-corrected chi connectivity index (χ3v) is 3.55. The Morgan fingerprint density at radius 2 is 2.41 bits per heavy atom. The van der Waals surface area contributed by atoms with Gasteiger partial charge in [0.1, 0.15) is 0 Å². The Hall–Kier alpha value is -1.43. The second-order valence-electron chi connectivity index (χ2n) is 3.93. The lowest BCUT2D eigenvalue weighted by atomic mass is 10.2. The zero-order chi connectivity index (χ0) is 12.3. The quantitative estimate of drug-likeness (QED) is 0.870. The maximum absolute atomic E-state index is 11.9. The van der Waals surface area contributed by atoms with E-state index in [2.05, 4.69) is 38.3 Å². The Morgan fingerprint density at radius 3 is 3.18 bits per heavy atom. The molecule has 0 aliphatic carbocycles. The van der Waals surface area contributed by atoms with Crippen LogP contribution in [0.25, 0.3) is 5.52 Å². The SMILES string of the molecule is CC(CBr)CNC(=O)c1cnn2ccncc12. The minimum atomic E-state index is -0.110. The van der Waals surface area contributed by atoms with Crippen LogP contribution in [0.2, 0.25) is 0 Å². The van der Waals surface area contributed by atoms with Gasteiger partial charge in [0.05, 0.1) is 23.5 Å². The van der Waals surface area contributed by atoms with E-state index in [0.717, 1.165) is 10.8 Å². The molecule has 0 radical (unpaired) electrons. The monoisotopic (exact) mass is 296 g/mol. The van der Waals surface area contributed by atoms with Crippen LogP contribution in [-0.4, -0.2) is 32.4 Å². The fourth-order valence-electron chi connectivity index (χ4n) is 1.43. The summed E-state index contributed by atoms with van der Waals surface area (Å²) in [5.41, 5.74) is 1.27. The van der Waals surface area contributed by atoms with Crippen molar-refractivity contribution >= 4 is 27.4 Å². The third-order valence-electron chi connectivity index (χ3n) is 2.44. The molecule has 0 bridgehead atoms. The second-order valence-corrected chi connectivity index (χ2v) is 4.58. The van der Waals surface area contributed by atoms with Gasteiger partial charge in [0.25, 0.3) is 5.91 Å². The Morgan fingerprint density at radius 1 is 1.59 bits per heavy atom. The summed E-state index contributed by atoms with van der Waals surface area (Å²) in [5.74, 6) is 0.291. The van der Waals surface area contributed by atoms with Gasteiger partial charge in [0.15, 0.2) is 0 Å². The number of aromatic nitrogens is 3. The average molecular weight is 297 g/mol. The van der Waals surface area contributed by atoms with E-state index in [1.165, 1.54) is 0 Å². The molecule has 90 valence electrons. The summed E-state index contributed by atoms with van der Waals surface area (Å²) in [5, 5.41) is 7.84. The first-order valence-electron chi connectivity index (χ1n) is 5.34. The topological polar surface area (TPSA) is 59.3 Å². The first-order chi connectivity index (χ1) is 8.22. The summed E-state index contributed by atoms with van der Waals surface area (Å²) in [7, 11) is 0. The highest BCUT2D eigenvalue weighted by atomic mass is 79.9. The van der Waals surface area contributed by atoms with Crippen molar-refractivity contribution in [2.75, 3.05) is 11.9 Å². The van der Waals surface area contributed by atoms with Crippen LogP contribution in [0, 0.1) is 5.92 Å². The number of hydrogen-bond acceptors (Lipinski definition) is 3. The number of nitrogens with one attached hydrogen (secondary N) is 1. The van der Waals surface area contributed by atoms with Gasteiger partial charge in [-0.15, -0.1) is 0 Å². The van der Waals surface area contributed by atoms with Crippen LogP contribution in [0.1, 0.15) is 17.3 Å². The van der Waals surface area contributed by atoms with E-state index in [1.807, 2.05) is 0 Å². The Bertz CT molecular complexity index is 525. The molecule has 0 aromatic carbocycles. The molecule has 0 saturated heterocycles. The van der Waals surface area contributed by atoms with Crippen LogP contribution in [0.15, 0.2) is 24.8 Å². The number of carbonyl (C=O) groups is 1. The molecule has 1 unspecified atom stereocenters. The number of nitrogens with zero attached hydrogens (tertiary/aromatic N) is 3. The van der Waals surface area contributed by atoms with Crippen molar-refractivity contribution in [2.45, 2.75) is 6.92 Å². The number of halogens is 1. The van der Waals surface area contributed by atoms with Gasteiger partial charge >= 0.3 is 0 Å². The lowest BCUT2D eigenvalue weighted by Gasteiger charge is -2.08. The first kappa shape index (κ1) is 12.0. The van der Waals surface area contributed by atoms with Crippen LogP contribution in [0.3, 0.4) is 0 Å². The van der Waals surface area contributed by atoms with E-state index < -0.39 is 0 Å². The highest BCUT2D eigenvalue weighted by Crippen LogP contribution is 2.08. The van der Waals surface area contributed by atoms with Crippen LogP contribution in [0.4, 0.5) is 0 Å². The molecule has 0 fully saturated rings. The minimum absolute atomic E-state index is 0.110. The van der Waals surface area contributed by atoms with Crippen molar-refractivity contribution in [1.82, 2.24) is 19.9 Å². The number of rotatable bonds is 4. The minimum Gasteiger partial charge on any atom is -0.352 e. The highest BCUT2D eigenvalue weighted by molar-refractivity contribution is 9.09. The smallest absolute Gasteiger partial charge is 0.255 e. The maximum atomic E-state index is 11.9. The summed E-state index contributed by atoms with van der Waals surface area (Å²) in [4.78, 5) is 15.9. The predicted octanol–water partition coefficient (Wildman–Crippen LogP) is 1.49. The predicted molar refractivity (Wildman–Crippen MR) is 68.3 cm³/mol. The zero-order valence-electron chi connectivity index (χ0n) is 9.43. The molecule has 1 atom stereocenters. The zero-order valence-corrected chi connectivity index (χ0v) is 11.0. The van der Waals surface area contributed by atoms with Gasteiger partial charge in [-0.3, -0.25) is 9.78 Å². The Kier molecular flexibility index (Phi) is 3.73. The molecule has 6 heteroatoms. The molecule has 2 heterocycles. The molecule has 1 amide bonds. The van der Waals surface area contributed by atoms with Crippen LogP contribution in [-0.2, 0) is 0 Å². The number of hydrogen-bond donors (Lipinski definition) is 1. The summed E-state index contributed by atoms with van der Waals surface area (Å²) in [6.07, 6.45) is 6.54. The van der Waals surface area contributed by atoms with E-state index >= 15 is 0 Å². The maximum Gasteiger partial charge on any atom is 0.255 e. The van der Waals surface area contributed by atoms with Crippen molar-refractivity contribution in [2.24, 2.45) is 5.92 Å². The molecule has 0 aliphatic rings. The molecule has 5 nitrogen and oxygen atoms in total. The largest absolute Gasteiger partial charge is 0.352 e. The van der Waals surface area contributed by atoms with Crippen molar-refractivity contribution in [3.05, 3.63) is 30.4 Å². The molecule has 17 heavy (non-hydrogen) atoms. The fourth-order valence-corrected chi connectivity index (χ4v) is 1.66. The van der Waals surface area contributed by atoms with Gasteiger partial charge < -0.3 is 5.32 Å². The molecule has 1 N–H and O–H groups in total. The van der Waals surface area contributed by atoms with Gasteiger partial charge in [0, 0.05) is 24.3 Å². The highest BCUT2D eigenvalue weighted by Gasteiger charge is 2.12. The fraction of sp³-hybridized carbons (Fsp3) is 0.364. The molecule has 2 aromatic rings. The van der Waals surface area contributed by atoms with Crippen molar-refractivity contribution in [3.8, 4) is 0 Å². The third kappa shape index (κ3) is 2.63. The molecule has 0 spiro atoms. The molecular formula is C11H13BrN4O. The molecule has 0 aliphatic heterocycles. The van der Waals surface area contributed by atoms with Crippen molar-refractivity contribution in [3.63, 3.8) is 0 Å². The average Bonchev–Trinajstić information content (AvgIpc) is 2.79. The number of alkyl halides is 1. The normalized spacial score (nSPS) is 12.6. The van der Waals surface area contributed by atoms with E-state index in [1.54, 1.807) is 29.3 Å². The van der Waals surface area contributed by atoms with Gasteiger partial charge in [-0.25, -0.2) is 4.52 Å². The summed E-state index contributed by atoms with van der Waals surface area (Å²) in [6.45, 7) is 2.70. The van der Waals surface area contributed by atoms with E-state index in [-0.39, 0.29) is 5.91 Å². The van der Waals surface area contributed by atoms with Gasteiger partial charge in [-0.1, -0.05) is 22.9 Å². The number of carbonyl (C=O) groups excluding carboxylic acids is 1. The summed E-state index contributed by atoms with van der Waals surface area (Å²) in [6, 6.07) is 0. The van der Waals surface area contributed by atoms with Gasteiger partial charge in [0.2, 0.25) is 0 Å². The molecule has 2 rings (SSSR count). The van der Waals surface area contributed by atoms with Crippen LogP contribution in [0.5, 0.6) is 0 Å².